The monoisotopic (exact) mass is 284 g/mol. The van der Waals surface area contributed by atoms with Crippen molar-refractivity contribution in [2.45, 2.75) is 0 Å². The minimum Gasteiger partial charge on any atom is -0.207 e. The molecule has 2 aromatic carbocycles. The van der Waals surface area contributed by atoms with Crippen molar-refractivity contribution in [3.63, 3.8) is 0 Å². The van der Waals surface area contributed by atoms with Crippen molar-refractivity contribution in [2.75, 3.05) is 0 Å². The molecule has 0 saturated heterocycles. The summed E-state index contributed by atoms with van der Waals surface area (Å²) in [6.45, 7) is 0. The van der Waals surface area contributed by atoms with Crippen LogP contribution in [-0.2, 0) is 0 Å². The number of hydrogen-bond acceptors (Lipinski definition) is 0. The predicted octanol–water partition coefficient (Wildman–Crippen LogP) is 4.91. The third kappa shape index (κ3) is 2.39. The highest BCUT2D eigenvalue weighted by molar-refractivity contribution is 9.10. The summed E-state index contributed by atoms with van der Waals surface area (Å²) in [6, 6.07) is 11.9. The van der Waals surface area contributed by atoms with E-state index in [4.69, 9.17) is 11.6 Å². The van der Waals surface area contributed by atoms with Crippen LogP contribution in [0.2, 0.25) is 5.02 Å². The molecular formula is C12H7BrClF. The quantitative estimate of drug-likeness (QED) is 0.698. The van der Waals surface area contributed by atoms with Crippen molar-refractivity contribution >= 4 is 27.5 Å². The molecule has 0 heterocycles. The fraction of sp³-hybridized carbons (Fsp3) is 0. The smallest absolute Gasteiger partial charge is 0.123 e. The minimum absolute atomic E-state index is 0.258. The highest BCUT2D eigenvalue weighted by Gasteiger charge is 2.04. The molecule has 15 heavy (non-hydrogen) atoms. The Balaban J connectivity index is 2.54. The number of rotatable bonds is 1. The van der Waals surface area contributed by atoms with Crippen molar-refractivity contribution in [2.24, 2.45) is 0 Å². The van der Waals surface area contributed by atoms with Crippen molar-refractivity contribution in [3.05, 3.63) is 57.8 Å². The van der Waals surface area contributed by atoms with Crippen LogP contribution in [0, 0.1) is 5.82 Å². The van der Waals surface area contributed by atoms with E-state index in [1.807, 2.05) is 18.2 Å². The van der Waals surface area contributed by atoms with Crippen LogP contribution in [-0.4, -0.2) is 0 Å². The third-order valence-electron chi connectivity index (χ3n) is 2.07. The van der Waals surface area contributed by atoms with E-state index >= 15 is 0 Å². The second kappa shape index (κ2) is 4.33. The SMILES string of the molecule is Fc1cccc(-c2ccc(Br)cc2Cl)c1. The normalized spacial score (nSPS) is 10.3. The summed E-state index contributed by atoms with van der Waals surface area (Å²) in [5, 5.41) is 0.606. The third-order valence-corrected chi connectivity index (χ3v) is 2.87. The summed E-state index contributed by atoms with van der Waals surface area (Å²) in [5.41, 5.74) is 1.62. The Morgan fingerprint density at radius 1 is 1.07 bits per heavy atom. The van der Waals surface area contributed by atoms with E-state index < -0.39 is 0 Å². The highest BCUT2D eigenvalue weighted by atomic mass is 79.9. The zero-order valence-electron chi connectivity index (χ0n) is 7.68. The maximum Gasteiger partial charge on any atom is 0.123 e. The molecule has 76 valence electrons. The predicted molar refractivity (Wildman–Crippen MR) is 64.5 cm³/mol. The molecule has 0 radical (unpaired) electrons. The molecule has 2 aromatic rings. The van der Waals surface area contributed by atoms with Gasteiger partial charge in [0.05, 0.1) is 0 Å². The van der Waals surface area contributed by atoms with Crippen LogP contribution in [0.5, 0.6) is 0 Å². The summed E-state index contributed by atoms with van der Waals surface area (Å²) < 4.78 is 13.9. The average Bonchev–Trinajstić information content (AvgIpc) is 2.17. The first kappa shape index (κ1) is 10.7. The topological polar surface area (TPSA) is 0 Å². The van der Waals surface area contributed by atoms with Gasteiger partial charge in [-0.05, 0) is 29.8 Å². The zero-order valence-corrected chi connectivity index (χ0v) is 10.0. The summed E-state index contributed by atoms with van der Waals surface area (Å²) in [6.07, 6.45) is 0. The van der Waals surface area contributed by atoms with Crippen LogP contribution in [0.3, 0.4) is 0 Å². The average molecular weight is 286 g/mol. The number of benzene rings is 2. The van der Waals surface area contributed by atoms with E-state index in [1.165, 1.54) is 12.1 Å². The Morgan fingerprint density at radius 3 is 2.53 bits per heavy atom. The summed E-state index contributed by atoms with van der Waals surface area (Å²) in [5.74, 6) is -0.258. The standard InChI is InChI=1S/C12H7BrClF/c13-9-4-5-11(12(14)7-9)8-2-1-3-10(15)6-8/h1-7H. The van der Waals surface area contributed by atoms with E-state index in [-0.39, 0.29) is 5.82 Å². The Bertz CT molecular complexity index is 497. The van der Waals surface area contributed by atoms with E-state index in [2.05, 4.69) is 15.9 Å². The maximum absolute atomic E-state index is 13.0. The Morgan fingerprint density at radius 2 is 1.87 bits per heavy atom. The lowest BCUT2D eigenvalue weighted by Crippen LogP contribution is -1.81. The van der Waals surface area contributed by atoms with Gasteiger partial charge in [0.25, 0.3) is 0 Å². The largest absolute Gasteiger partial charge is 0.207 e. The molecule has 0 atom stereocenters. The van der Waals surface area contributed by atoms with Crippen LogP contribution < -0.4 is 0 Å². The van der Waals surface area contributed by atoms with Gasteiger partial charge in [0.15, 0.2) is 0 Å². The van der Waals surface area contributed by atoms with E-state index in [0.717, 1.165) is 15.6 Å². The van der Waals surface area contributed by atoms with Crippen LogP contribution in [0.1, 0.15) is 0 Å². The number of hydrogen-bond donors (Lipinski definition) is 0. The first-order valence-electron chi connectivity index (χ1n) is 4.38. The second-order valence-electron chi connectivity index (χ2n) is 3.13. The van der Waals surface area contributed by atoms with Gasteiger partial charge < -0.3 is 0 Å². The molecule has 0 saturated carbocycles. The lowest BCUT2D eigenvalue weighted by molar-refractivity contribution is 0.628. The zero-order chi connectivity index (χ0) is 10.8. The lowest BCUT2D eigenvalue weighted by atomic mass is 10.1. The summed E-state index contributed by atoms with van der Waals surface area (Å²) in [7, 11) is 0. The van der Waals surface area contributed by atoms with Gasteiger partial charge >= 0.3 is 0 Å². The Kier molecular flexibility index (Phi) is 3.08. The van der Waals surface area contributed by atoms with Gasteiger partial charge in [-0.1, -0.05) is 45.7 Å². The first-order valence-corrected chi connectivity index (χ1v) is 5.55. The molecule has 0 aliphatic heterocycles. The molecular weight excluding hydrogens is 278 g/mol. The van der Waals surface area contributed by atoms with Gasteiger partial charge in [0, 0.05) is 15.1 Å². The minimum atomic E-state index is -0.258. The molecule has 0 aliphatic carbocycles. The molecule has 0 unspecified atom stereocenters. The molecule has 0 aromatic heterocycles. The molecule has 0 fully saturated rings. The van der Waals surface area contributed by atoms with Crippen LogP contribution >= 0.6 is 27.5 Å². The maximum atomic E-state index is 13.0. The van der Waals surface area contributed by atoms with Gasteiger partial charge in [0.2, 0.25) is 0 Å². The fourth-order valence-corrected chi connectivity index (χ4v) is 2.16. The van der Waals surface area contributed by atoms with Crippen LogP contribution in [0.15, 0.2) is 46.9 Å². The van der Waals surface area contributed by atoms with Crippen LogP contribution in [0.4, 0.5) is 4.39 Å². The van der Waals surface area contributed by atoms with Crippen molar-refractivity contribution in [3.8, 4) is 11.1 Å². The molecule has 0 spiro atoms. The van der Waals surface area contributed by atoms with Gasteiger partial charge in [-0.3, -0.25) is 0 Å². The molecule has 2 rings (SSSR count). The van der Waals surface area contributed by atoms with Crippen molar-refractivity contribution < 1.29 is 4.39 Å². The van der Waals surface area contributed by atoms with Crippen molar-refractivity contribution in [1.82, 2.24) is 0 Å². The van der Waals surface area contributed by atoms with Crippen molar-refractivity contribution in [1.29, 1.82) is 0 Å². The van der Waals surface area contributed by atoms with Crippen LogP contribution in [0.25, 0.3) is 11.1 Å². The summed E-state index contributed by atoms with van der Waals surface area (Å²) >= 11 is 9.39. The van der Waals surface area contributed by atoms with Gasteiger partial charge in [-0.2, -0.15) is 0 Å². The Hall–Kier alpha value is -0.860. The molecule has 0 aliphatic rings. The fourth-order valence-electron chi connectivity index (χ4n) is 1.38. The molecule has 0 amide bonds. The van der Waals surface area contributed by atoms with E-state index in [0.29, 0.717) is 5.02 Å². The van der Waals surface area contributed by atoms with E-state index in [9.17, 15) is 4.39 Å². The highest BCUT2D eigenvalue weighted by Crippen LogP contribution is 2.30. The lowest BCUT2D eigenvalue weighted by Gasteiger charge is -2.04. The molecule has 0 N–H and O–H groups in total. The van der Waals surface area contributed by atoms with Gasteiger partial charge in [0.1, 0.15) is 5.82 Å². The molecule has 0 nitrogen and oxygen atoms in total. The van der Waals surface area contributed by atoms with Gasteiger partial charge in [-0.15, -0.1) is 0 Å². The molecule has 0 bridgehead atoms. The Labute approximate surface area is 101 Å². The van der Waals surface area contributed by atoms with E-state index in [1.54, 1.807) is 12.1 Å². The number of halogens is 3. The first-order chi connectivity index (χ1) is 7.16. The summed E-state index contributed by atoms with van der Waals surface area (Å²) in [4.78, 5) is 0. The molecule has 3 heteroatoms. The van der Waals surface area contributed by atoms with Gasteiger partial charge in [-0.25, -0.2) is 4.39 Å². The second-order valence-corrected chi connectivity index (χ2v) is 4.46.